The number of nitrogens with zero attached hydrogens (tertiary/aromatic N) is 1. The van der Waals surface area contributed by atoms with Crippen molar-refractivity contribution in [2.45, 2.75) is 24.6 Å². The maximum atomic E-state index is 13.1. The fourth-order valence-electron chi connectivity index (χ4n) is 3.53. The van der Waals surface area contributed by atoms with Crippen LogP contribution in [-0.2, 0) is 9.53 Å². The normalized spacial score (nSPS) is 15.3. The first-order valence-electron chi connectivity index (χ1n) is 10.2. The number of carboxylic acid groups (broad SMARTS) is 1. The number of carbonyl (C=O) groups is 2. The van der Waals surface area contributed by atoms with Crippen LogP contribution in [0.25, 0.3) is 16.8 Å². The van der Waals surface area contributed by atoms with Crippen molar-refractivity contribution in [3.8, 4) is 11.3 Å². The molecule has 3 aromatic rings. The highest BCUT2D eigenvalue weighted by Gasteiger charge is 2.37. The molecule has 4 rings (SSSR count). The van der Waals surface area contributed by atoms with Crippen molar-refractivity contribution >= 4 is 40.6 Å². The molecule has 8 nitrogen and oxygen atoms in total. The largest absolute Gasteiger partial charge is 0.542 e. The number of amides is 1. The smallest absolute Gasteiger partial charge is 0.430 e. The minimum absolute atomic E-state index is 0.138. The number of nitrogens with one attached hydrogen (secondary N) is 2. The number of hydrogen-bond donors (Lipinski definition) is 3. The summed E-state index contributed by atoms with van der Waals surface area (Å²) in [6, 6.07) is 10.9. The Balaban J connectivity index is 0.000000429. The summed E-state index contributed by atoms with van der Waals surface area (Å²) in [7, 11) is 0. The van der Waals surface area contributed by atoms with Crippen LogP contribution in [0.1, 0.15) is 23.5 Å². The predicted molar refractivity (Wildman–Crippen MR) is 118 cm³/mol. The number of halogens is 5. The first-order chi connectivity index (χ1) is 16.5. The van der Waals surface area contributed by atoms with Crippen molar-refractivity contribution in [3.63, 3.8) is 0 Å². The second kappa shape index (κ2) is 10.8. The van der Waals surface area contributed by atoms with E-state index in [1.807, 2.05) is 30.5 Å². The number of carboxylic acids is 1. The summed E-state index contributed by atoms with van der Waals surface area (Å²) in [5.41, 5.74) is 1.59. The Morgan fingerprint density at radius 2 is 1.86 bits per heavy atom. The topological polar surface area (TPSA) is 119 Å². The van der Waals surface area contributed by atoms with E-state index in [4.69, 9.17) is 37.8 Å². The monoisotopic (exact) mass is 533 g/mol. The summed E-state index contributed by atoms with van der Waals surface area (Å²) in [4.78, 5) is 25.1. The molecule has 0 unspecified atom stereocenters. The van der Waals surface area contributed by atoms with Crippen LogP contribution in [0.5, 0.6) is 0 Å². The number of rotatable bonds is 4. The fourth-order valence-corrected chi connectivity index (χ4v) is 4.04. The molecule has 1 fully saturated rings. The number of imidazole rings is 1. The van der Waals surface area contributed by atoms with Gasteiger partial charge in [0, 0.05) is 23.8 Å². The maximum Gasteiger partial charge on any atom is 0.430 e. The molecule has 1 aromatic carbocycles. The zero-order valence-electron chi connectivity index (χ0n) is 18.0. The molecular weight excluding hydrogens is 514 g/mol. The molecule has 1 aliphatic rings. The third-order valence-electron chi connectivity index (χ3n) is 5.38. The van der Waals surface area contributed by atoms with Gasteiger partial charge in [0.2, 0.25) is 0 Å². The second-order valence-corrected chi connectivity index (χ2v) is 8.56. The molecule has 188 valence electrons. The summed E-state index contributed by atoms with van der Waals surface area (Å²) >= 11 is 12.4. The van der Waals surface area contributed by atoms with E-state index in [9.17, 15) is 23.1 Å². The van der Waals surface area contributed by atoms with E-state index in [2.05, 4.69) is 10.3 Å². The third kappa shape index (κ3) is 6.23. The highest BCUT2D eigenvalue weighted by Crippen LogP contribution is 2.31. The highest BCUT2D eigenvalue weighted by atomic mass is 35.5. The Labute approximate surface area is 207 Å². The SMILES string of the molecule is O=C(NC1(CO)CCOCC1)c1[nH]c(-c2ccc(Cl)cc2Cl)c2cccc[n+]12.O=C([O-])C(F)(F)F. The minimum Gasteiger partial charge on any atom is -0.542 e. The molecule has 35 heavy (non-hydrogen) atoms. The number of aliphatic hydroxyl groups is 1. The van der Waals surface area contributed by atoms with Gasteiger partial charge >= 0.3 is 17.9 Å². The van der Waals surface area contributed by atoms with Gasteiger partial charge in [-0.05, 0) is 43.2 Å². The van der Waals surface area contributed by atoms with Gasteiger partial charge < -0.3 is 25.1 Å². The van der Waals surface area contributed by atoms with Crippen molar-refractivity contribution in [2.75, 3.05) is 19.8 Å². The van der Waals surface area contributed by atoms with Gasteiger partial charge in [-0.2, -0.15) is 17.6 Å². The molecule has 3 N–H and O–H groups in total. The number of H-pyrrole nitrogens is 1. The van der Waals surface area contributed by atoms with E-state index in [0.29, 0.717) is 41.9 Å². The third-order valence-corrected chi connectivity index (χ3v) is 5.93. The Kier molecular flexibility index (Phi) is 8.26. The Bertz CT molecular complexity index is 1230. The minimum atomic E-state index is -5.19. The number of aromatic nitrogens is 2. The molecule has 0 radical (unpaired) electrons. The predicted octanol–water partition coefficient (Wildman–Crippen LogP) is 2.30. The lowest BCUT2D eigenvalue weighted by atomic mass is 9.91. The molecule has 1 aliphatic heterocycles. The zero-order valence-corrected chi connectivity index (χ0v) is 19.5. The van der Waals surface area contributed by atoms with Gasteiger partial charge in [0.1, 0.15) is 5.97 Å². The molecule has 13 heteroatoms. The number of pyridine rings is 1. The number of carbonyl (C=O) groups excluding carboxylic acids is 2. The Morgan fingerprint density at radius 3 is 2.43 bits per heavy atom. The zero-order chi connectivity index (χ0) is 25.8. The maximum absolute atomic E-state index is 13.1. The van der Waals surface area contributed by atoms with E-state index in [-0.39, 0.29) is 12.5 Å². The van der Waals surface area contributed by atoms with Gasteiger partial charge in [-0.1, -0.05) is 29.3 Å². The van der Waals surface area contributed by atoms with Crippen molar-refractivity contribution in [3.05, 3.63) is 58.5 Å². The number of aromatic amines is 1. The second-order valence-electron chi connectivity index (χ2n) is 7.72. The fraction of sp³-hybridized carbons (Fsp3) is 0.318. The lowest BCUT2D eigenvalue weighted by molar-refractivity contribution is -0.514. The van der Waals surface area contributed by atoms with E-state index >= 15 is 0 Å². The van der Waals surface area contributed by atoms with Crippen molar-refractivity contribution in [1.82, 2.24) is 10.3 Å². The number of ether oxygens (including phenoxy) is 1. The molecule has 0 saturated carbocycles. The van der Waals surface area contributed by atoms with Crippen LogP contribution in [0.15, 0.2) is 42.6 Å². The van der Waals surface area contributed by atoms with Crippen LogP contribution in [-0.4, -0.2) is 53.5 Å². The number of alkyl halides is 3. The van der Waals surface area contributed by atoms with E-state index in [1.54, 1.807) is 16.5 Å². The summed E-state index contributed by atoms with van der Waals surface area (Å²) in [5.74, 6) is -2.95. The quantitative estimate of drug-likeness (QED) is 0.444. The summed E-state index contributed by atoms with van der Waals surface area (Å²) < 4.78 is 38.7. The van der Waals surface area contributed by atoms with E-state index in [0.717, 1.165) is 16.8 Å². The van der Waals surface area contributed by atoms with Gasteiger partial charge in [0.05, 0.1) is 23.4 Å². The first kappa shape index (κ1) is 26.7. The molecule has 0 aliphatic carbocycles. The molecular formula is C22H20Cl2F3N3O5. The lowest BCUT2D eigenvalue weighted by Crippen LogP contribution is -2.55. The summed E-state index contributed by atoms with van der Waals surface area (Å²) in [6.45, 7) is 0.872. The molecule has 0 atom stereocenters. The molecule has 1 amide bonds. The van der Waals surface area contributed by atoms with Gasteiger partial charge in [0.15, 0.2) is 11.2 Å². The highest BCUT2D eigenvalue weighted by molar-refractivity contribution is 6.36. The number of benzene rings is 1. The van der Waals surface area contributed by atoms with Crippen LogP contribution in [0, 0.1) is 0 Å². The van der Waals surface area contributed by atoms with Gasteiger partial charge in [-0.3, -0.25) is 4.79 Å². The number of hydrogen-bond acceptors (Lipinski definition) is 5. The standard InChI is InChI=1S/C20H19Cl2N3O3.C2HF3O2/c21-13-4-5-14(15(22)11-13)17-16-3-1-2-8-25(16)18(23-17)19(27)24-20(12-26)6-9-28-10-7-20;3-2(4,5)1(6)7/h1-5,8,11,26H,6-7,9-10,12H2,(H,24,27);(H,6,7). The average Bonchev–Trinajstić information content (AvgIpc) is 3.19. The molecule has 0 spiro atoms. The molecule has 2 aromatic heterocycles. The molecule has 0 bridgehead atoms. The average molecular weight is 534 g/mol. The number of aliphatic carboxylic acids is 1. The van der Waals surface area contributed by atoms with Gasteiger partial charge in [-0.25, -0.2) is 4.98 Å². The van der Waals surface area contributed by atoms with Crippen LogP contribution in [0.2, 0.25) is 10.0 Å². The Morgan fingerprint density at radius 1 is 1.20 bits per heavy atom. The Hall–Kier alpha value is -2.86. The van der Waals surface area contributed by atoms with Gasteiger partial charge in [-0.15, -0.1) is 0 Å². The summed E-state index contributed by atoms with van der Waals surface area (Å²) in [5, 5.41) is 22.7. The van der Waals surface area contributed by atoms with Crippen LogP contribution < -0.4 is 14.8 Å². The number of aliphatic hydroxyl groups excluding tert-OH is 1. The number of fused-ring (bicyclic) bond motifs is 1. The first-order valence-corrected chi connectivity index (χ1v) is 11.0. The van der Waals surface area contributed by atoms with Crippen molar-refractivity contribution in [1.29, 1.82) is 0 Å². The summed E-state index contributed by atoms with van der Waals surface area (Å²) in [6.07, 6.45) is -2.26. The van der Waals surface area contributed by atoms with Crippen molar-refractivity contribution in [2.24, 2.45) is 0 Å². The van der Waals surface area contributed by atoms with Crippen molar-refractivity contribution < 1.29 is 42.1 Å². The van der Waals surface area contributed by atoms with Crippen LogP contribution >= 0.6 is 23.2 Å². The molecule has 1 saturated heterocycles. The van der Waals surface area contributed by atoms with E-state index in [1.165, 1.54) is 0 Å². The van der Waals surface area contributed by atoms with Crippen LogP contribution in [0.4, 0.5) is 13.2 Å². The lowest BCUT2D eigenvalue weighted by Gasteiger charge is -2.35. The van der Waals surface area contributed by atoms with E-state index < -0.39 is 17.7 Å². The molecule has 3 heterocycles. The van der Waals surface area contributed by atoms with Gasteiger partial charge in [0.25, 0.3) is 0 Å². The van der Waals surface area contributed by atoms with Crippen LogP contribution in [0.3, 0.4) is 0 Å².